The predicted molar refractivity (Wildman–Crippen MR) is 154 cm³/mol. The van der Waals surface area contributed by atoms with Crippen LogP contribution in [0, 0.1) is 0 Å². The van der Waals surface area contributed by atoms with Gasteiger partial charge in [-0.05, 0) is 11.1 Å². The third-order valence-corrected chi connectivity index (χ3v) is 6.44. The Kier molecular flexibility index (Phi) is 12.0. The van der Waals surface area contributed by atoms with E-state index in [4.69, 9.17) is 24.4 Å². The smallest absolute Gasteiger partial charge is 0.109 e. The molecule has 0 aliphatic heterocycles. The average Bonchev–Trinajstić information content (AvgIpc) is 2.78. The van der Waals surface area contributed by atoms with Crippen molar-refractivity contribution in [2.75, 3.05) is 49.2 Å². The van der Waals surface area contributed by atoms with Crippen molar-refractivity contribution >= 4 is 84.9 Å². The molecule has 0 heterocycles. The highest BCUT2D eigenvalue weighted by Gasteiger charge is 2.12. The molecule has 0 saturated carbocycles. The minimum Gasteiger partial charge on any atom is -0.361 e. The quantitative estimate of drug-likeness (QED) is 0.248. The third-order valence-electron chi connectivity index (χ3n) is 4.65. The van der Waals surface area contributed by atoms with E-state index in [1.165, 1.54) is 0 Å². The summed E-state index contributed by atoms with van der Waals surface area (Å²) < 4.78 is 0. The highest BCUT2D eigenvalue weighted by molar-refractivity contribution is 7.81. The average molecular weight is 513 g/mol. The van der Waals surface area contributed by atoms with Crippen molar-refractivity contribution in [3.63, 3.8) is 0 Å². The lowest BCUT2D eigenvalue weighted by Crippen LogP contribution is -2.33. The summed E-state index contributed by atoms with van der Waals surface area (Å²) in [5, 5.41) is 0. The van der Waals surface area contributed by atoms with Crippen LogP contribution in [-0.4, -0.2) is 69.0 Å². The second kappa shape index (κ2) is 13.9. The van der Waals surface area contributed by atoms with Crippen molar-refractivity contribution < 1.29 is 0 Å². The molecule has 0 spiro atoms. The molecule has 0 aliphatic rings. The molecule has 0 atom stereocenters. The van der Waals surface area contributed by atoms with Gasteiger partial charge in [-0.25, -0.2) is 0 Å². The lowest BCUT2D eigenvalue weighted by molar-refractivity contribution is 0.483. The van der Waals surface area contributed by atoms with E-state index in [1.807, 2.05) is 0 Å². The molecule has 0 bridgehead atoms. The van der Waals surface area contributed by atoms with Gasteiger partial charge in [0.2, 0.25) is 0 Å². The maximum absolute atomic E-state index is 5.67. The maximum atomic E-state index is 5.67. The highest BCUT2D eigenvalue weighted by atomic mass is 32.1. The SMILES string of the molecule is S=C(c1ccc(-c2ccc(C(=S)N(CCS)CCS)cc2)cc1)N(CCS)CCS. The Labute approximate surface area is 213 Å². The van der Waals surface area contributed by atoms with Crippen LogP contribution in [0.5, 0.6) is 0 Å². The van der Waals surface area contributed by atoms with Crippen molar-refractivity contribution in [1.82, 2.24) is 9.80 Å². The van der Waals surface area contributed by atoms with Gasteiger partial charge in [-0.1, -0.05) is 73.0 Å². The van der Waals surface area contributed by atoms with Crippen LogP contribution >= 0.6 is 75.0 Å². The zero-order valence-corrected chi connectivity index (χ0v) is 22.0. The molecule has 0 aromatic heterocycles. The Bertz CT molecular complexity index is 726. The molecule has 0 radical (unpaired) electrons. The van der Waals surface area contributed by atoms with E-state index in [0.29, 0.717) is 0 Å². The summed E-state index contributed by atoms with van der Waals surface area (Å²) >= 11 is 28.7. The van der Waals surface area contributed by atoms with Gasteiger partial charge < -0.3 is 9.80 Å². The van der Waals surface area contributed by atoms with Gasteiger partial charge in [0.15, 0.2) is 0 Å². The standard InChI is InChI=1S/C22H28N2S6/c25-13-9-23(10-14-26)21(29)19-5-1-17(2-6-19)18-3-7-20(8-4-18)22(30)24(11-15-27)12-16-28/h1-8,25-28H,9-16H2. The minimum absolute atomic E-state index is 0.764. The number of thiocarbonyl (C=S) groups is 2. The topological polar surface area (TPSA) is 6.48 Å². The lowest BCUT2D eigenvalue weighted by Gasteiger charge is -2.24. The Morgan fingerprint density at radius 2 is 0.800 bits per heavy atom. The van der Waals surface area contributed by atoms with Crippen LogP contribution in [0.25, 0.3) is 11.1 Å². The summed E-state index contributed by atoms with van der Waals surface area (Å²) in [5.74, 6) is 3.05. The van der Waals surface area contributed by atoms with E-state index in [2.05, 4.69) is 109 Å². The van der Waals surface area contributed by atoms with Gasteiger partial charge in [-0.15, -0.1) is 0 Å². The predicted octanol–water partition coefficient (Wildman–Crippen LogP) is 5.03. The molecule has 0 saturated heterocycles. The monoisotopic (exact) mass is 512 g/mol. The number of hydrogen-bond donors (Lipinski definition) is 4. The number of nitrogens with zero attached hydrogens (tertiary/aromatic N) is 2. The van der Waals surface area contributed by atoms with Gasteiger partial charge in [-0.3, -0.25) is 0 Å². The molecule has 0 unspecified atom stereocenters. The minimum atomic E-state index is 0.764. The zero-order chi connectivity index (χ0) is 21.9. The van der Waals surface area contributed by atoms with E-state index in [-0.39, 0.29) is 0 Å². The van der Waals surface area contributed by atoms with E-state index in [1.54, 1.807) is 0 Å². The molecule has 2 aromatic rings. The first-order valence-electron chi connectivity index (χ1n) is 9.78. The highest BCUT2D eigenvalue weighted by Crippen LogP contribution is 2.22. The van der Waals surface area contributed by atoms with Gasteiger partial charge >= 0.3 is 0 Å². The zero-order valence-electron chi connectivity index (χ0n) is 16.8. The van der Waals surface area contributed by atoms with Gasteiger partial charge in [0.05, 0.1) is 0 Å². The number of thiol groups is 4. The van der Waals surface area contributed by atoms with Crippen molar-refractivity contribution in [2.24, 2.45) is 0 Å². The van der Waals surface area contributed by atoms with Crippen LogP contribution in [0.3, 0.4) is 0 Å². The van der Waals surface area contributed by atoms with Gasteiger partial charge in [0.1, 0.15) is 9.98 Å². The molecule has 0 N–H and O–H groups in total. The third kappa shape index (κ3) is 7.35. The summed E-state index contributed by atoms with van der Waals surface area (Å²) in [7, 11) is 0. The summed E-state index contributed by atoms with van der Waals surface area (Å²) in [6.45, 7) is 3.29. The molecule has 8 heteroatoms. The van der Waals surface area contributed by atoms with E-state index < -0.39 is 0 Å². The van der Waals surface area contributed by atoms with Crippen molar-refractivity contribution in [3.8, 4) is 11.1 Å². The second-order valence-electron chi connectivity index (χ2n) is 6.63. The molecule has 30 heavy (non-hydrogen) atoms. The van der Waals surface area contributed by atoms with Crippen LogP contribution in [0.4, 0.5) is 0 Å². The van der Waals surface area contributed by atoms with Crippen LogP contribution in [0.15, 0.2) is 48.5 Å². The summed E-state index contributed by atoms with van der Waals surface area (Å²) in [6.07, 6.45) is 0. The molecule has 0 amide bonds. The largest absolute Gasteiger partial charge is 0.361 e. The number of benzene rings is 2. The van der Waals surface area contributed by atoms with E-state index in [0.717, 1.165) is 81.4 Å². The first kappa shape index (κ1) is 25.9. The van der Waals surface area contributed by atoms with Crippen LogP contribution < -0.4 is 0 Å². The van der Waals surface area contributed by atoms with Crippen molar-refractivity contribution in [3.05, 3.63) is 59.7 Å². The Hall–Kier alpha value is -0.380. The fourth-order valence-corrected chi connectivity index (χ4v) is 4.69. The molecule has 2 rings (SSSR count). The van der Waals surface area contributed by atoms with Gasteiger partial charge in [0, 0.05) is 60.3 Å². The number of rotatable bonds is 11. The lowest BCUT2D eigenvalue weighted by atomic mass is 10.0. The van der Waals surface area contributed by atoms with E-state index in [9.17, 15) is 0 Å². The van der Waals surface area contributed by atoms with Crippen LogP contribution in [0.1, 0.15) is 11.1 Å². The molecule has 2 aromatic carbocycles. The first-order chi connectivity index (χ1) is 14.5. The Morgan fingerprint density at radius 3 is 1.03 bits per heavy atom. The molecule has 0 aliphatic carbocycles. The van der Waals surface area contributed by atoms with Crippen molar-refractivity contribution in [2.45, 2.75) is 0 Å². The summed E-state index contributed by atoms with van der Waals surface area (Å²) in [4.78, 5) is 6.00. The van der Waals surface area contributed by atoms with Crippen molar-refractivity contribution in [1.29, 1.82) is 0 Å². The fraction of sp³-hybridized carbons (Fsp3) is 0.364. The van der Waals surface area contributed by atoms with E-state index >= 15 is 0 Å². The fourth-order valence-electron chi connectivity index (χ4n) is 3.09. The normalized spacial score (nSPS) is 10.7. The first-order valence-corrected chi connectivity index (χ1v) is 13.1. The second-order valence-corrected chi connectivity index (χ2v) is 9.20. The summed E-state index contributed by atoms with van der Waals surface area (Å²) in [6, 6.07) is 16.8. The molecule has 162 valence electrons. The Morgan fingerprint density at radius 1 is 0.533 bits per heavy atom. The molecule has 2 nitrogen and oxygen atoms in total. The van der Waals surface area contributed by atoms with Crippen LogP contribution in [0.2, 0.25) is 0 Å². The maximum Gasteiger partial charge on any atom is 0.109 e. The number of hydrogen-bond acceptors (Lipinski definition) is 6. The van der Waals surface area contributed by atoms with Gasteiger partial charge in [-0.2, -0.15) is 50.5 Å². The molecule has 0 fully saturated rings. The van der Waals surface area contributed by atoms with Gasteiger partial charge in [0.25, 0.3) is 0 Å². The van der Waals surface area contributed by atoms with Crippen LogP contribution in [-0.2, 0) is 0 Å². The molecular formula is C22H28N2S6. The summed E-state index contributed by atoms with van der Waals surface area (Å²) in [5.41, 5.74) is 4.39. The Balaban J connectivity index is 2.13. The molecular weight excluding hydrogens is 485 g/mol.